The number of nitrogens with one attached hydrogen (secondary N) is 3. The molecule has 1 aliphatic rings. The highest BCUT2D eigenvalue weighted by molar-refractivity contribution is 5.74. The molecule has 0 spiro atoms. The molecule has 0 saturated carbocycles. The van der Waals surface area contributed by atoms with Gasteiger partial charge in [-0.1, -0.05) is 48.5 Å². The molecule has 2 atom stereocenters. The quantitative estimate of drug-likeness (QED) is 0.301. The standard InChI is InChI=1S/C28H33N5/c1-2-9-21(10-3-1)19-29-17-8-16-24(23-13-6-11-22-12-7-18-30-28(22)23)31-20-27-32-25-14-4-5-15-26(25)33-27/h1-5,7,9-10,12,14-15,18,23-24,29,31H,6,8,11,13,16-17,19-20H2,(H,32,33). The first-order valence-electron chi connectivity index (χ1n) is 12.2. The highest BCUT2D eigenvalue weighted by Crippen LogP contribution is 2.34. The molecule has 5 rings (SSSR count). The van der Waals surface area contributed by atoms with Crippen molar-refractivity contribution in [3.8, 4) is 0 Å². The number of pyridine rings is 1. The van der Waals surface area contributed by atoms with Crippen LogP contribution in [0.1, 0.15) is 54.2 Å². The molecule has 1 aliphatic carbocycles. The van der Waals surface area contributed by atoms with Crippen molar-refractivity contribution in [2.75, 3.05) is 6.54 Å². The Morgan fingerprint density at radius 1 is 0.970 bits per heavy atom. The summed E-state index contributed by atoms with van der Waals surface area (Å²) in [4.78, 5) is 13.1. The number of hydrogen-bond acceptors (Lipinski definition) is 4. The van der Waals surface area contributed by atoms with E-state index in [2.05, 4.69) is 70.2 Å². The van der Waals surface area contributed by atoms with Crippen LogP contribution in [0.4, 0.5) is 0 Å². The maximum atomic E-state index is 4.82. The van der Waals surface area contributed by atoms with E-state index >= 15 is 0 Å². The molecule has 2 heterocycles. The zero-order valence-corrected chi connectivity index (χ0v) is 19.1. The first-order chi connectivity index (χ1) is 16.4. The number of aryl methyl sites for hydroxylation is 1. The number of aromatic nitrogens is 3. The maximum absolute atomic E-state index is 4.82. The molecule has 5 heteroatoms. The van der Waals surface area contributed by atoms with Crippen molar-refractivity contribution >= 4 is 11.0 Å². The zero-order valence-electron chi connectivity index (χ0n) is 19.1. The molecule has 4 aromatic rings. The monoisotopic (exact) mass is 439 g/mol. The SMILES string of the molecule is c1ccc(CNCCCC(NCc2nc3ccccc3[nH]2)C2CCCc3cccnc32)cc1. The van der Waals surface area contributed by atoms with Gasteiger partial charge in [0.05, 0.1) is 17.6 Å². The molecule has 33 heavy (non-hydrogen) atoms. The van der Waals surface area contributed by atoms with Crippen LogP contribution in [0.15, 0.2) is 72.9 Å². The summed E-state index contributed by atoms with van der Waals surface area (Å²) in [6, 6.07) is 23.6. The maximum Gasteiger partial charge on any atom is 0.121 e. The Balaban J connectivity index is 1.24. The lowest BCUT2D eigenvalue weighted by atomic mass is 9.80. The summed E-state index contributed by atoms with van der Waals surface area (Å²) < 4.78 is 0. The Bertz CT molecular complexity index is 1120. The number of H-pyrrole nitrogens is 1. The van der Waals surface area contributed by atoms with Gasteiger partial charge in [-0.3, -0.25) is 4.98 Å². The summed E-state index contributed by atoms with van der Waals surface area (Å²) in [6.07, 6.45) is 7.77. The lowest BCUT2D eigenvalue weighted by Crippen LogP contribution is -2.37. The first kappa shape index (κ1) is 21.8. The van der Waals surface area contributed by atoms with Crippen LogP contribution in [-0.4, -0.2) is 27.5 Å². The number of benzene rings is 2. The molecule has 2 aromatic carbocycles. The molecule has 0 aliphatic heterocycles. The summed E-state index contributed by atoms with van der Waals surface area (Å²) in [5.74, 6) is 1.45. The van der Waals surface area contributed by atoms with Crippen molar-refractivity contribution in [3.63, 3.8) is 0 Å². The van der Waals surface area contributed by atoms with Crippen LogP contribution in [0.25, 0.3) is 11.0 Å². The van der Waals surface area contributed by atoms with Crippen molar-refractivity contribution < 1.29 is 0 Å². The predicted octanol–water partition coefficient (Wildman–Crippen LogP) is 5.11. The number of rotatable bonds is 10. The average molecular weight is 440 g/mol. The predicted molar refractivity (Wildman–Crippen MR) is 134 cm³/mol. The molecule has 170 valence electrons. The number of imidazole rings is 1. The van der Waals surface area contributed by atoms with E-state index in [1.165, 1.54) is 29.7 Å². The molecule has 0 fully saturated rings. The molecule has 0 radical (unpaired) electrons. The second-order valence-corrected chi connectivity index (χ2v) is 9.04. The van der Waals surface area contributed by atoms with Crippen LogP contribution in [0.3, 0.4) is 0 Å². The molecule has 5 nitrogen and oxygen atoms in total. The van der Waals surface area contributed by atoms with Gasteiger partial charge in [-0.2, -0.15) is 0 Å². The van der Waals surface area contributed by atoms with Gasteiger partial charge in [0.1, 0.15) is 5.82 Å². The minimum atomic E-state index is 0.380. The average Bonchev–Trinajstić information content (AvgIpc) is 3.29. The first-order valence-corrected chi connectivity index (χ1v) is 12.2. The van der Waals surface area contributed by atoms with Crippen LogP contribution in [0.5, 0.6) is 0 Å². The Labute approximate surface area is 196 Å². The lowest BCUT2D eigenvalue weighted by molar-refractivity contribution is 0.353. The topological polar surface area (TPSA) is 65.6 Å². The van der Waals surface area contributed by atoms with Gasteiger partial charge < -0.3 is 15.6 Å². The minimum Gasteiger partial charge on any atom is -0.341 e. The van der Waals surface area contributed by atoms with Gasteiger partial charge in [-0.05, 0) is 68.0 Å². The molecule has 3 N–H and O–H groups in total. The van der Waals surface area contributed by atoms with E-state index in [-0.39, 0.29) is 0 Å². The summed E-state index contributed by atoms with van der Waals surface area (Å²) >= 11 is 0. The van der Waals surface area contributed by atoms with Crippen molar-refractivity contribution in [1.82, 2.24) is 25.6 Å². The number of hydrogen-bond donors (Lipinski definition) is 3. The van der Waals surface area contributed by atoms with Crippen molar-refractivity contribution in [1.29, 1.82) is 0 Å². The van der Waals surface area contributed by atoms with Gasteiger partial charge in [0.25, 0.3) is 0 Å². The molecule has 2 aromatic heterocycles. The third kappa shape index (κ3) is 5.49. The summed E-state index contributed by atoms with van der Waals surface area (Å²) in [7, 11) is 0. The van der Waals surface area contributed by atoms with E-state index in [4.69, 9.17) is 9.97 Å². The number of fused-ring (bicyclic) bond motifs is 2. The van der Waals surface area contributed by atoms with Gasteiger partial charge in [-0.15, -0.1) is 0 Å². The van der Waals surface area contributed by atoms with Gasteiger partial charge >= 0.3 is 0 Å². The second-order valence-electron chi connectivity index (χ2n) is 9.04. The second kappa shape index (κ2) is 10.7. The number of nitrogens with zero attached hydrogens (tertiary/aromatic N) is 2. The summed E-state index contributed by atoms with van der Waals surface area (Å²) in [6.45, 7) is 2.68. The molecular formula is C28H33N5. The molecule has 2 unspecified atom stereocenters. The van der Waals surface area contributed by atoms with Crippen LogP contribution in [0.2, 0.25) is 0 Å². The Kier molecular flexibility index (Phi) is 7.09. The highest BCUT2D eigenvalue weighted by atomic mass is 15.0. The third-order valence-corrected chi connectivity index (χ3v) is 6.74. The van der Waals surface area contributed by atoms with Gasteiger partial charge in [0, 0.05) is 30.4 Å². The van der Waals surface area contributed by atoms with Crippen LogP contribution in [-0.2, 0) is 19.5 Å². The fraction of sp³-hybridized carbons (Fsp3) is 0.357. The van der Waals surface area contributed by atoms with E-state index < -0.39 is 0 Å². The van der Waals surface area contributed by atoms with Gasteiger partial charge in [0.15, 0.2) is 0 Å². The Hall–Kier alpha value is -3.02. The van der Waals surface area contributed by atoms with E-state index in [0.29, 0.717) is 12.0 Å². The third-order valence-electron chi connectivity index (χ3n) is 6.74. The van der Waals surface area contributed by atoms with E-state index in [1.807, 2.05) is 18.3 Å². The molecule has 0 amide bonds. The van der Waals surface area contributed by atoms with Crippen molar-refractivity contribution in [3.05, 3.63) is 95.6 Å². The zero-order chi connectivity index (χ0) is 22.3. The smallest absolute Gasteiger partial charge is 0.121 e. The fourth-order valence-electron chi connectivity index (χ4n) is 5.08. The minimum absolute atomic E-state index is 0.380. The van der Waals surface area contributed by atoms with Gasteiger partial charge in [0.2, 0.25) is 0 Å². The van der Waals surface area contributed by atoms with Crippen molar-refractivity contribution in [2.45, 2.75) is 57.2 Å². The highest BCUT2D eigenvalue weighted by Gasteiger charge is 2.28. The van der Waals surface area contributed by atoms with E-state index in [9.17, 15) is 0 Å². The summed E-state index contributed by atoms with van der Waals surface area (Å²) in [5, 5.41) is 7.46. The van der Waals surface area contributed by atoms with Gasteiger partial charge in [-0.25, -0.2) is 4.98 Å². The summed E-state index contributed by atoms with van der Waals surface area (Å²) in [5.41, 5.74) is 6.18. The van der Waals surface area contributed by atoms with E-state index in [1.54, 1.807) is 0 Å². The fourth-order valence-corrected chi connectivity index (χ4v) is 5.08. The van der Waals surface area contributed by atoms with Crippen molar-refractivity contribution in [2.24, 2.45) is 0 Å². The molecular weight excluding hydrogens is 406 g/mol. The largest absolute Gasteiger partial charge is 0.341 e. The number of aromatic amines is 1. The van der Waals surface area contributed by atoms with E-state index in [0.717, 1.165) is 55.8 Å². The van der Waals surface area contributed by atoms with Crippen LogP contribution >= 0.6 is 0 Å². The molecule has 0 bridgehead atoms. The Morgan fingerprint density at radius 3 is 2.76 bits per heavy atom. The molecule has 0 saturated heterocycles. The lowest BCUT2D eigenvalue weighted by Gasteiger charge is -2.32. The van der Waals surface area contributed by atoms with Crippen LogP contribution < -0.4 is 10.6 Å². The number of para-hydroxylation sites is 2. The van der Waals surface area contributed by atoms with Crippen LogP contribution in [0, 0.1) is 0 Å². The normalized spacial score (nSPS) is 16.5. The Morgan fingerprint density at radius 2 is 1.85 bits per heavy atom.